The van der Waals surface area contributed by atoms with Crippen molar-refractivity contribution in [1.29, 1.82) is 0 Å². The first-order valence-electron chi connectivity index (χ1n) is 7.90. The van der Waals surface area contributed by atoms with Crippen molar-refractivity contribution in [3.8, 4) is 0 Å². The molecule has 0 radical (unpaired) electrons. The summed E-state index contributed by atoms with van der Waals surface area (Å²) in [5.74, 6) is -0.927. The largest absolute Gasteiger partial charge is 0.366 e. The first-order valence-corrected chi connectivity index (χ1v) is 8.65. The molecular weight excluding hydrogens is 374 g/mol. The third-order valence-electron chi connectivity index (χ3n) is 4.46. The van der Waals surface area contributed by atoms with Gasteiger partial charge >= 0.3 is 0 Å². The molecule has 0 saturated carbocycles. The van der Waals surface area contributed by atoms with Gasteiger partial charge in [0.15, 0.2) is 0 Å². The van der Waals surface area contributed by atoms with Crippen molar-refractivity contribution in [3.63, 3.8) is 0 Å². The fourth-order valence-corrected chi connectivity index (χ4v) is 3.79. The molecule has 0 aliphatic carbocycles. The van der Waals surface area contributed by atoms with Gasteiger partial charge in [-0.1, -0.05) is 35.3 Å². The van der Waals surface area contributed by atoms with Gasteiger partial charge in [-0.25, -0.2) is 4.39 Å². The molecule has 0 fully saturated rings. The van der Waals surface area contributed by atoms with E-state index >= 15 is 0 Å². The molecule has 2 N–H and O–H groups in total. The Morgan fingerprint density at radius 1 is 1.04 bits per heavy atom. The van der Waals surface area contributed by atoms with Crippen molar-refractivity contribution in [1.82, 2.24) is 4.57 Å². The molecule has 1 amide bonds. The lowest BCUT2D eigenvalue weighted by atomic mass is 10.1. The van der Waals surface area contributed by atoms with Crippen LogP contribution < -0.4 is 5.73 Å². The van der Waals surface area contributed by atoms with Gasteiger partial charge in [-0.3, -0.25) is 4.79 Å². The van der Waals surface area contributed by atoms with Crippen LogP contribution in [0.5, 0.6) is 0 Å². The average Bonchev–Trinajstić information content (AvgIpc) is 2.90. The topological polar surface area (TPSA) is 48.0 Å². The smallest absolute Gasteiger partial charge is 0.249 e. The molecule has 3 aromatic carbocycles. The van der Waals surface area contributed by atoms with Gasteiger partial charge in [-0.2, -0.15) is 0 Å². The van der Waals surface area contributed by atoms with Gasteiger partial charge in [0.05, 0.1) is 5.52 Å². The van der Waals surface area contributed by atoms with Crippen LogP contribution in [0, 0.1) is 5.82 Å². The summed E-state index contributed by atoms with van der Waals surface area (Å²) >= 11 is 12.3. The summed E-state index contributed by atoms with van der Waals surface area (Å²) in [7, 11) is 0. The maximum atomic E-state index is 13.9. The number of nitrogens with two attached hydrogens (primary N) is 1. The van der Waals surface area contributed by atoms with Gasteiger partial charge < -0.3 is 10.3 Å². The third-order valence-corrected chi connectivity index (χ3v) is 5.05. The zero-order valence-corrected chi connectivity index (χ0v) is 15.0. The Morgan fingerprint density at radius 2 is 1.85 bits per heavy atom. The number of fused-ring (bicyclic) bond motifs is 3. The molecule has 0 atom stereocenters. The van der Waals surface area contributed by atoms with Crippen molar-refractivity contribution in [2.24, 2.45) is 5.73 Å². The Balaban J connectivity index is 2.04. The first-order chi connectivity index (χ1) is 12.5. The molecule has 4 rings (SSSR count). The number of amides is 1. The highest BCUT2D eigenvalue weighted by atomic mass is 35.5. The fourth-order valence-electron chi connectivity index (χ4n) is 3.32. The van der Waals surface area contributed by atoms with Gasteiger partial charge in [0.1, 0.15) is 5.82 Å². The van der Waals surface area contributed by atoms with Gasteiger partial charge in [0, 0.05) is 38.4 Å². The van der Waals surface area contributed by atoms with Crippen LogP contribution in [-0.4, -0.2) is 10.5 Å². The SMILES string of the molecule is NC(=O)c1cccc2c1c1cc(F)ccc1n2Cc1ccc(Cl)cc1Cl. The molecule has 6 heteroatoms. The van der Waals surface area contributed by atoms with E-state index in [-0.39, 0.29) is 5.82 Å². The van der Waals surface area contributed by atoms with E-state index in [0.717, 1.165) is 16.6 Å². The lowest BCUT2D eigenvalue weighted by Crippen LogP contribution is -2.11. The highest BCUT2D eigenvalue weighted by Gasteiger charge is 2.17. The number of benzene rings is 3. The molecular formula is C20H13Cl2FN2O. The van der Waals surface area contributed by atoms with Crippen LogP contribution in [0.2, 0.25) is 10.0 Å². The summed E-state index contributed by atoms with van der Waals surface area (Å²) in [6, 6.07) is 15.1. The third kappa shape index (κ3) is 2.71. The van der Waals surface area contributed by atoms with E-state index in [2.05, 4.69) is 0 Å². The average molecular weight is 387 g/mol. The minimum atomic E-state index is -0.552. The van der Waals surface area contributed by atoms with Crippen molar-refractivity contribution in [2.75, 3.05) is 0 Å². The summed E-state index contributed by atoms with van der Waals surface area (Å²) in [4.78, 5) is 11.9. The first kappa shape index (κ1) is 16.9. The second-order valence-corrected chi connectivity index (χ2v) is 6.89. The summed E-state index contributed by atoms with van der Waals surface area (Å²) in [6.07, 6.45) is 0. The van der Waals surface area contributed by atoms with E-state index in [1.807, 2.05) is 16.7 Å². The van der Waals surface area contributed by atoms with Crippen LogP contribution in [-0.2, 0) is 6.54 Å². The summed E-state index contributed by atoms with van der Waals surface area (Å²) < 4.78 is 15.9. The molecule has 0 unspecified atom stereocenters. The zero-order chi connectivity index (χ0) is 18.4. The molecule has 0 bridgehead atoms. The van der Waals surface area contributed by atoms with Crippen molar-refractivity contribution >= 4 is 50.9 Å². The monoisotopic (exact) mass is 386 g/mol. The highest BCUT2D eigenvalue weighted by Crippen LogP contribution is 2.33. The van der Waals surface area contributed by atoms with Crippen molar-refractivity contribution < 1.29 is 9.18 Å². The van der Waals surface area contributed by atoms with E-state index < -0.39 is 5.91 Å². The Labute approximate surface area is 158 Å². The van der Waals surface area contributed by atoms with Crippen LogP contribution in [0.4, 0.5) is 4.39 Å². The number of rotatable bonds is 3. The molecule has 0 spiro atoms. The molecule has 1 aromatic heterocycles. The molecule has 130 valence electrons. The molecule has 0 aliphatic rings. The molecule has 3 nitrogen and oxygen atoms in total. The van der Waals surface area contributed by atoms with Crippen LogP contribution in [0.25, 0.3) is 21.8 Å². The quantitative estimate of drug-likeness (QED) is 0.504. The number of hydrogen-bond acceptors (Lipinski definition) is 1. The number of primary amides is 1. The van der Waals surface area contributed by atoms with E-state index in [4.69, 9.17) is 28.9 Å². The molecule has 1 heterocycles. The Hall–Kier alpha value is -2.56. The van der Waals surface area contributed by atoms with Crippen molar-refractivity contribution in [2.45, 2.75) is 6.54 Å². The predicted octanol–water partition coefficient (Wildman–Crippen LogP) is 5.39. The predicted molar refractivity (Wildman–Crippen MR) is 103 cm³/mol. The summed E-state index contributed by atoms with van der Waals surface area (Å²) in [5, 5.41) is 2.37. The minimum Gasteiger partial charge on any atom is -0.366 e. The van der Waals surface area contributed by atoms with Crippen LogP contribution >= 0.6 is 23.2 Å². The van der Waals surface area contributed by atoms with Crippen molar-refractivity contribution in [3.05, 3.63) is 81.6 Å². The maximum absolute atomic E-state index is 13.9. The number of halogens is 3. The van der Waals surface area contributed by atoms with Crippen LogP contribution in [0.15, 0.2) is 54.6 Å². The molecule has 26 heavy (non-hydrogen) atoms. The molecule has 0 aliphatic heterocycles. The van der Waals surface area contributed by atoms with Gasteiger partial charge in [-0.05, 0) is 48.0 Å². The molecule has 0 saturated heterocycles. The lowest BCUT2D eigenvalue weighted by Gasteiger charge is -2.10. The van der Waals surface area contributed by atoms with Gasteiger partial charge in [-0.15, -0.1) is 0 Å². The zero-order valence-electron chi connectivity index (χ0n) is 13.5. The van der Waals surface area contributed by atoms with Gasteiger partial charge in [0.2, 0.25) is 5.91 Å². The summed E-state index contributed by atoms with van der Waals surface area (Å²) in [6.45, 7) is 0.448. The Kier molecular flexibility index (Phi) is 4.10. The molecule has 4 aromatic rings. The maximum Gasteiger partial charge on any atom is 0.249 e. The van der Waals surface area contributed by atoms with Gasteiger partial charge in [0.25, 0.3) is 0 Å². The minimum absolute atomic E-state index is 0.360. The van der Waals surface area contributed by atoms with E-state index in [0.29, 0.717) is 32.9 Å². The lowest BCUT2D eigenvalue weighted by molar-refractivity contribution is 0.100. The van der Waals surface area contributed by atoms with Crippen LogP contribution in [0.1, 0.15) is 15.9 Å². The van der Waals surface area contributed by atoms with E-state index in [1.54, 1.807) is 30.3 Å². The number of aromatic nitrogens is 1. The standard InChI is InChI=1S/C20H13Cl2FN2O/c21-12-5-4-11(16(22)8-12)10-25-17-7-6-13(23)9-15(17)19-14(20(24)26)2-1-3-18(19)25/h1-9H,10H2,(H2,24,26). The second-order valence-electron chi connectivity index (χ2n) is 6.05. The van der Waals surface area contributed by atoms with E-state index in [9.17, 15) is 9.18 Å². The summed E-state index contributed by atoms with van der Waals surface area (Å²) in [5.41, 5.74) is 8.34. The fraction of sp³-hybridized carbons (Fsp3) is 0.0500. The second kappa shape index (κ2) is 6.31. The number of nitrogens with zero attached hydrogens (tertiary/aromatic N) is 1. The number of carbonyl (C=O) groups is 1. The Bertz CT molecular complexity index is 1180. The normalized spacial score (nSPS) is 11.3. The number of hydrogen-bond donors (Lipinski definition) is 1. The van der Waals surface area contributed by atoms with E-state index in [1.165, 1.54) is 12.1 Å². The number of carbonyl (C=O) groups excluding carboxylic acids is 1. The highest BCUT2D eigenvalue weighted by molar-refractivity contribution is 6.35. The Morgan fingerprint density at radius 3 is 2.58 bits per heavy atom. The van der Waals surface area contributed by atoms with Crippen LogP contribution in [0.3, 0.4) is 0 Å².